The molecule has 0 unspecified atom stereocenters. The first-order chi connectivity index (χ1) is 18.7. The lowest BCUT2D eigenvalue weighted by molar-refractivity contribution is 0.0553. The number of aryl methyl sites for hydroxylation is 2. The van der Waals surface area contributed by atoms with E-state index in [0.29, 0.717) is 12.5 Å². The number of ether oxygens (including phenoxy) is 1. The van der Waals surface area contributed by atoms with Crippen LogP contribution in [0.5, 0.6) is 0 Å². The molecule has 9 heteroatoms. The van der Waals surface area contributed by atoms with E-state index >= 15 is 0 Å². The van der Waals surface area contributed by atoms with Gasteiger partial charge in [0.25, 0.3) is 0 Å². The fourth-order valence-corrected chi connectivity index (χ4v) is 6.05. The van der Waals surface area contributed by atoms with E-state index in [9.17, 15) is 0 Å². The SMILES string of the molecule is Cc1nnn(C)c1-c1cnc2c3ccc(C4=NN=NC4)cc3n([C@H](c3ccccc3)C3CCOCC3)c2c1. The first-order valence-electron chi connectivity index (χ1n) is 13.1. The molecular weight excluding hydrogens is 476 g/mol. The predicted octanol–water partition coefficient (Wildman–Crippen LogP) is 5.48. The Bertz CT molecular complexity index is 1690. The molecule has 0 aliphatic carbocycles. The molecule has 190 valence electrons. The Kier molecular flexibility index (Phi) is 5.58. The van der Waals surface area contributed by atoms with Gasteiger partial charge >= 0.3 is 0 Å². The van der Waals surface area contributed by atoms with Gasteiger partial charge in [-0.15, -0.1) is 10.2 Å². The van der Waals surface area contributed by atoms with Gasteiger partial charge in [-0.05, 0) is 54.7 Å². The van der Waals surface area contributed by atoms with Gasteiger partial charge in [-0.1, -0.05) is 41.6 Å². The Hall–Kier alpha value is -4.24. The summed E-state index contributed by atoms with van der Waals surface area (Å²) in [5, 5.41) is 21.9. The van der Waals surface area contributed by atoms with E-state index in [1.54, 1.807) is 0 Å². The van der Waals surface area contributed by atoms with Gasteiger partial charge in [-0.3, -0.25) is 4.98 Å². The first-order valence-corrected chi connectivity index (χ1v) is 13.1. The average Bonchev–Trinajstić information content (AvgIpc) is 3.69. The summed E-state index contributed by atoms with van der Waals surface area (Å²) < 4.78 is 10.1. The lowest BCUT2D eigenvalue weighted by atomic mass is 9.86. The minimum atomic E-state index is 0.123. The molecule has 7 rings (SSSR count). The van der Waals surface area contributed by atoms with Gasteiger partial charge in [0, 0.05) is 43.0 Å². The minimum absolute atomic E-state index is 0.123. The number of benzene rings is 2. The van der Waals surface area contributed by atoms with E-state index < -0.39 is 0 Å². The van der Waals surface area contributed by atoms with Crippen LogP contribution in [0.4, 0.5) is 0 Å². The van der Waals surface area contributed by atoms with Gasteiger partial charge < -0.3 is 9.30 Å². The van der Waals surface area contributed by atoms with E-state index in [1.165, 1.54) is 5.56 Å². The molecule has 0 N–H and O–H groups in total. The summed E-state index contributed by atoms with van der Waals surface area (Å²) >= 11 is 0. The van der Waals surface area contributed by atoms with Crippen LogP contribution in [0.25, 0.3) is 33.2 Å². The molecule has 3 aromatic heterocycles. The monoisotopic (exact) mass is 504 g/mol. The standard InChI is InChI=1S/C29H28N8O/c1-18-28(36(2)35-32-18)22-15-26-27(30-16-22)23-9-8-21(24-17-31-34-33-24)14-25(23)37(26)29(19-6-4-3-5-7-19)20-10-12-38-13-11-20/h3-9,14-16,20,29H,10-13,17H2,1-2H3/t29-/m1/s1. The number of nitrogens with zero attached hydrogens (tertiary/aromatic N) is 8. The third-order valence-corrected chi connectivity index (χ3v) is 7.82. The van der Waals surface area contributed by atoms with Gasteiger partial charge in [0.15, 0.2) is 0 Å². The smallest absolute Gasteiger partial charge is 0.107 e. The van der Waals surface area contributed by atoms with E-state index in [2.05, 4.69) is 84.9 Å². The van der Waals surface area contributed by atoms with Crippen LogP contribution in [0.2, 0.25) is 0 Å². The van der Waals surface area contributed by atoms with E-state index in [4.69, 9.17) is 9.72 Å². The number of aromatic nitrogens is 5. The minimum Gasteiger partial charge on any atom is -0.381 e. The van der Waals surface area contributed by atoms with Crippen LogP contribution >= 0.6 is 0 Å². The molecule has 1 fully saturated rings. The van der Waals surface area contributed by atoms with Crippen molar-refractivity contribution in [2.75, 3.05) is 19.8 Å². The highest BCUT2D eigenvalue weighted by Crippen LogP contribution is 2.41. The summed E-state index contributed by atoms with van der Waals surface area (Å²) in [6.45, 7) is 4.05. The number of fused-ring (bicyclic) bond motifs is 3. The average molecular weight is 505 g/mol. The Balaban J connectivity index is 1.54. The van der Waals surface area contributed by atoms with Crippen molar-refractivity contribution in [1.29, 1.82) is 0 Å². The van der Waals surface area contributed by atoms with Crippen LogP contribution in [-0.2, 0) is 11.8 Å². The summed E-state index contributed by atoms with van der Waals surface area (Å²) in [7, 11) is 1.93. The molecule has 9 nitrogen and oxygen atoms in total. The van der Waals surface area contributed by atoms with Crippen LogP contribution < -0.4 is 0 Å². The molecule has 0 bridgehead atoms. The fourth-order valence-electron chi connectivity index (χ4n) is 6.05. The summed E-state index contributed by atoms with van der Waals surface area (Å²) in [6, 6.07) is 19.7. The third-order valence-electron chi connectivity index (χ3n) is 7.82. The molecular formula is C29H28N8O. The van der Waals surface area contributed by atoms with Crippen molar-refractivity contribution in [3.05, 3.63) is 77.6 Å². The van der Waals surface area contributed by atoms with Crippen molar-refractivity contribution in [3.8, 4) is 11.3 Å². The van der Waals surface area contributed by atoms with Crippen LogP contribution in [0.1, 0.15) is 35.7 Å². The summed E-state index contributed by atoms with van der Waals surface area (Å²) in [4.78, 5) is 5.03. The van der Waals surface area contributed by atoms with E-state index in [1.807, 2.05) is 24.9 Å². The lowest BCUT2D eigenvalue weighted by Gasteiger charge is -2.33. The lowest BCUT2D eigenvalue weighted by Crippen LogP contribution is -2.27. The summed E-state index contributed by atoms with van der Waals surface area (Å²) in [5.41, 5.74) is 9.29. The molecule has 1 saturated heterocycles. The van der Waals surface area contributed by atoms with Crippen LogP contribution in [0, 0.1) is 12.8 Å². The maximum atomic E-state index is 5.78. The third kappa shape index (κ3) is 3.73. The largest absolute Gasteiger partial charge is 0.381 e. The molecule has 5 aromatic rings. The Morgan fingerprint density at radius 1 is 0.974 bits per heavy atom. The maximum Gasteiger partial charge on any atom is 0.107 e. The highest BCUT2D eigenvalue weighted by atomic mass is 16.5. The zero-order chi connectivity index (χ0) is 25.6. The molecule has 38 heavy (non-hydrogen) atoms. The van der Waals surface area contributed by atoms with E-state index in [-0.39, 0.29) is 6.04 Å². The van der Waals surface area contributed by atoms with Crippen LogP contribution in [0.3, 0.4) is 0 Å². The normalized spacial score (nSPS) is 16.9. The van der Waals surface area contributed by atoms with Crippen molar-refractivity contribution in [2.45, 2.75) is 25.8 Å². The van der Waals surface area contributed by atoms with Crippen molar-refractivity contribution >= 4 is 27.6 Å². The Morgan fingerprint density at radius 2 is 1.79 bits per heavy atom. The van der Waals surface area contributed by atoms with Crippen molar-refractivity contribution in [2.24, 2.45) is 28.4 Å². The quantitative estimate of drug-likeness (QED) is 0.317. The molecule has 2 aromatic carbocycles. The predicted molar refractivity (Wildman–Crippen MR) is 146 cm³/mol. The molecule has 0 radical (unpaired) electrons. The molecule has 2 aliphatic heterocycles. The van der Waals surface area contributed by atoms with Crippen molar-refractivity contribution < 1.29 is 4.74 Å². The van der Waals surface area contributed by atoms with Gasteiger partial charge in [0.05, 0.1) is 39.7 Å². The second kappa shape index (κ2) is 9.25. The van der Waals surface area contributed by atoms with Crippen molar-refractivity contribution in [1.82, 2.24) is 24.5 Å². The zero-order valence-electron chi connectivity index (χ0n) is 21.4. The Labute approximate surface area is 219 Å². The topological polar surface area (TPSA) is 94.8 Å². The molecule has 1 atom stereocenters. The first kappa shape index (κ1) is 22.9. The summed E-state index contributed by atoms with van der Waals surface area (Å²) in [6.07, 6.45) is 3.95. The van der Waals surface area contributed by atoms with E-state index in [0.717, 1.165) is 76.2 Å². The Morgan fingerprint density at radius 3 is 2.53 bits per heavy atom. The second-order valence-electron chi connectivity index (χ2n) is 10.1. The number of pyridine rings is 1. The summed E-state index contributed by atoms with van der Waals surface area (Å²) in [5.74, 6) is 0.422. The van der Waals surface area contributed by atoms with Gasteiger partial charge in [0.2, 0.25) is 0 Å². The molecule has 0 spiro atoms. The van der Waals surface area contributed by atoms with Gasteiger partial charge in [-0.25, -0.2) is 4.68 Å². The molecule has 2 aliphatic rings. The number of hydrogen-bond donors (Lipinski definition) is 0. The van der Waals surface area contributed by atoms with Gasteiger partial charge in [0.1, 0.15) is 6.54 Å². The van der Waals surface area contributed by atoms with Crippen LogP contribution in [0.15, 0.2) is 76.2 Å². The molecule has 5 heterocycles. The highest BCUT2D eigenvalue weighted by molar-refractivity contribution is 6.11. The van der Waals surface area contributed by atoms with Crippen molar-refractivity contribution in [3.63, 3.8) is 0 Å². The number of hydrogen-bond acceptors (Lipinski definition) is 7. The maximum absolute atomic E-state index is 5.78. The fraction of sp³-hybridized carbons (Fsp3) is 0.310. The number of rotatable bonds is 5. The van der Waals surface area contributed by atoms with Crippen LogP contribution in [-0.4, -0.2) is 50.0 Å². The molecule has 0 amide bonds. The zero-order valence-corrected chi connectivity index (χ0v) is 21.4. The molecule has 0 saturated carbocycles. The second-order valence-corrected chi connectivity index (χ2v) is 10.1. The highest BCUT2D eigenvalue weighted by Gasteiger charge is 2.30. The van der Waals surface area contributed by atoms with Gasteiger partial charge in [-0.2, -0.15) is 5.11 Å².